The van der Waals surface area contributed by atoms with Crippen molar-refractivity contribution in [1.29, 1.82) is 0 Å². The summed E-state index contributed by atoms with van der Waals surface area (Å²) in [6.07, 6.45) is 7.85. The van der Waals surface area contributed by atoms with Crippen LogP contribution in [0, 0.1) is 6.92 Å². The summed E-state index contributed by atoms with van der Waals surface area (Å²) in [5, 5.41) is 5.52. The van der Waals surface area contributed by atoms with E-state index in [0.29, 0.717) is 12.0 Å². The van der Waals surface area contributed by atoms with Gasteiger partial charge in [-0.15, -0.1) is 0 Å². The third-order valence-electron chi connectivity index (χ3n) is 7.30. The number of H-pyrrole nitrogens is 1. The maximum atomic E-state index is 5.19. The van der Waals surface area contributed by atoms with Gasteiger partial charge < -0.3 is 9.88 Å². The molecule has 5 heterocycles. The summed E-state index contributed by atoms with van der Waals surface area (Å²) in [5.41, 5.74) is 6.74. The summed E-state index contributed by atoms with van der Waals surface area (Å²) < 4.78 is 1.87. The molecule has 168 valence electrons. The third kappa shape index (κ3) is 3.15. The van der Waals surface area contributed by atoms with Crippen LogP contribution in [0.1, 0.15) is 57.1 Å². The molecular weight excluding hydrogens is 418 g/mol. The molecule has 1 N–H and O–H groups in total. The van der Waals surface area contributed by atoms with Crippen molar-refractivity contribution in [3.63, 3.8) is 0 Å². The van der Waals surface area contributed by atoms with Gasteiger partial charge in [-0.05, 0) is 44.2 Å². The Labute approximate surface area is 192 Å². The predicted molar refractivity (Wildman–Crippen MR) is 131 cm³/mol. The van der Waals surface area contributed by atoms with Crippen molar-refractivity contribution in [3.05, 3.63) is 29.7 Å². The highest BCUT2D eigenvalue weighted by Crippen LogP contribution is 2.41. The molecular formula is C24H31N7S. The summed E-state index contributed by atoms with van der Waals surface area (Å²) >= 11 is 1.80. The van der Waals surface area contributed by atoms with Crippen LogP contribution in [0.2, 0.25) is 0 Å². The average Bonchev–Trinajstić information content (AvgIpc) is 3.40. The van der Waals surface area contributed by atoms with Gasteiger partial charge in [0.25, 0.3) is 0 Å². The molecule has 0 radical (unpaired) electrons. The van der Waals surface area contributed by atoms with Crippen LogP contribution >= 0.6 is 11.3 Å². The first kappa shape index (κ1) is 20.2. The van der Waals surface area contributed by atoms with E-state index in [1.54, 1.807) is 17.7 Å². The Bertz CT molecular complexity index is 1280. The molecule has 4 aromatic heterocycles. The van der Waals surface area contributed by atoms with Gasteiger partial charge in [0, 0.05) is 49.0 Å². The predicted octanol–water partition coefficient (Wildman–Crippen LogP) is 4.83. The van der Waals surface area contributed by atoms with Crippen molar-refractivity contribution in [2.75, 3.05) is 24.5 Å². The fourth-order valence-electron chi connectivity index (χ4n) is 5.37. The molecule has 32 heavy (non-hydrogen) atoms. The molecule has 1 atom stereocenters. The number of nitrogens with zero attached hydrogens (tertiary/aromatic N) is 6. The second-order valence-corrected chi connectivity index (χ2v) is 10.8. The van der Waals surface area contributed by atoms with Gasteiger partial charge in [-0.2, -0.15) is 5.10 Å². The van der Waals surface area contributed by atoms with Gasteiger partial charge in [0.15, 0.2) is 10.8 Å². The zero-order chi connectivity index (χ0) is 22.0. The van der Waals surface area contributed by atoms with Crippen molar-refractivity contribution in [2.24, 2.45) is 0 Å². The first-order valence-electron chi connectivity index (χ1n) is 11.8. The van der Waals surface area contributed by atoms with E-state index in [0.717, 1.165) is 58.8 Å². The number of piperazine rings is 1. The zero-order valence-electron chi connectivity index (χ0n) is 19.3. The molecule has 1 saturated carbocycles. The van der Waals surface area contributed by atoms with Crippen LogP contribution in [-0.4, -0.2) is 61.2 Å². The van der Waals surface area contributed by atoms with E-state index in [-0.39, 0.29) is 0 Å². The molecule has 0 spiro atoms. The minimum absolute atomic E-state index is 0.369. The molecule has 0 aromatic carbocycles. The lowest BCUT2D eigenvalue weighted by atomic mass is 9.90. The first-order chi connectivity index (χ1) is 15.5. The van der Waals surface area contributed by atoms with Crippen molar-refractivity contribution in [2.45, 2.75) is 65.0 Å². The van der Waals surface area contributed by atoms with Crippen LogP contribution in [-0.2, 0) is 0 Å². The molecule has 8 heteroatoms. The summed E-state index contributed by atoms with van der Waals surface area (Å²) in [4.78, 5) is 19.7. The van der Waals surface area contributed by atoms with E-state index in [9.17, 15) is 0 Å². The van der Waals surface area contributed by atoms with Crippen LogP contribution in [0.5, 0.6) is 0 Å². The molecule has 6 rings (SSSR count). The molecule has 1 saturated heterocycles. The Morgan fingerprint density at radius 1 is 1.22 bits per heavy atom. The lowest BCUT2D eigenvalue weighted by Gasteiger charge is -2.46. The minimum Gasteiger partial charge on any atom is -0.345 e. The Morgan fingerprint density at radius 2 is 2.06 bits per heavy atom. The number of hydrogen-bond donors (Lipinski definition) is 1. The second kappa shape index (κ2) is 7.56. The second-order valence-electron chi connectivity index (χ2n) is 9.80. The molecule has 0 amide bonds. The number of fused-ring (bicyclic) bond motifs is 2. The fourth-order valence-corrected chi connectivity index (χ4v) is 6.49. The van der Waals surface area contributed by atoms with E-state index in [4.69, 9.17) is 4.98 Å². The monoisotopic (exact) mass is 449 g/mol. The van der Waals surface area contributed by atoms with Gasteiger partial charge in [0.05, 0.1) is 5.69 Å². The Morgan fingerprint density at radius 3 is 2.78 bits per heavy atom. The summed E-state index contributed by atoms with van der Waals surface area (Å²) in [6, 6.07) is 3.53. The lowest BCUT2D eigenvalue weighted by Crippen LogP contribution is -2.56. The number of anilines is 1. The molecule has 1 aliphatic carbocycles. The number of nitrogens with one attached hydrogen (secondary N) is 1. The molecule has 4 aromatic rings. The highest BCUT2D eigenvalue weighted by molar-refractivity contribution is 7.21. The molecule has 0 bridgehead atoms. The van der Waals surface area contributed by atoms with Gasteiger partial charge >= 0.3 is 0 Å². The van der Waals surface area contributed by atoms with Gasteiger partial charge in [-0.1, -0.05) is 31.6 Å². The van der Waals surface area contributed by atoms with Crippen molar-refractivity contribution in [3.8, 4) is 11.3 Å². The van der Waals surface area contributed by atoms with Crippen LogP contribution in [0.3, 0.4) is 0 Å². The maximum absolute atomic E-state index is 5.19. The van der Waals surface area contributed by atoms with Gasteiger partial charge in [-0.3, -0.25) is 4.90 Å². The number of thiazole rings is 1. The van der Waals surface area contributed by atoms with E-state index < -0.39 is 0 Å². The molecule has 0 unspecified atom stereocenters. The van der Waals surface area contributed by atoms with Crippen LogP contribution < -0.4 is 4.90 Å². The lowest BCUT2D eigenvalue weighted by molar-refractivity contribution is 0.106. The van der Waals surface area contributed by atoms with Crippen molar-refractivity contribution >= 4 is 32.5 Å². The number of aromatic nitrogens is 5. The number of pyridine rings is 1. The first-order valence-corrected chi connectivity index (χ1v) is 12.6. The normalized spacial score (nSPS) is 20.7. The van der Waals surface area contributed by atoms with Gasteiger partial charge in [0.2, 0.25) is 0 Å². The fraction of sp³-hybridized carbons (Fsp3) is 0.542. The zero-order valence-corrected chi connectivity index (χ0v) is 20.1. The number of aromatic amines is 1. The topological polar surface area (TPSA) is 65.4 Å². The van der Waals surface area contributed by atoms with Gasteiger partial charge in [0.1, 0.15) is 16.7 Å². The highest BCUT2D eigenvalue weighted by Gasteiger charge is 2.33. The Hall–Kier alpha value is -2.45. The molecule has 2 fully saturated rings. The summed E-state index contributed by atoms with van der Waals surface area (Å²) in [5.74, 6) is 0.369. The highest BCUT2D eigenvalue weighted by atomic mass is 32.1. The van der Waals surface area contributed by atoms with Crippen molar-refractivity contribution in [1.82, 2.24) is 29.5 Å². The molecule has 2 aliphatic rings. The van der Waals surface area contributed by atoms with E-state index >= 15 is 0 Å². The van der Waals surface area contributed by atoms with Crippen LogP contribution in [0.4, 0.5) is 5.13 Å². The van der Waals surface area contributed by atoms with E-state index in [1.165, 1.54) is 29.7 Å². The SMILES string of the molecule is Cc1cc(-c2[nH]c3sc(N4CCN(C5CCC5)C[C@H]4C)nc3c2C(C)C)cn2ncnc12. The average molecular weight is 450 g/mol. The Kier molecular flexibility index (Phi) is 4.76. The van der Waals surface area contributed by atoms with Gasteiger partial charge in [-0.25, -0.2) is 14.5 Å². The van der Waals surface area contributed by atoms with Crippen LogP contribution in [0.25, 0.3) is 27.3 Å². The summed E-state index contributed by atoms with van der Waals surface area (Å²) in [6.45, 7) is 12.3. The van der Waals surface area contributed by atoms with Crippen LogP contribution in [0.15, 0.2) is 18.6 Å². The number of rotatable bonds is 4. The molecule has 1 aliphatic heterocycles. The van der Waals surface area contributed by atoms with Crippen molar-refractivity contribution < 1.29 is 0 Å². The standard InChI is InChI=1S/C24H31N7S/c1-14(2)19-20(17-10-15(3)22-25-13-26-31(22)12-17)27-23-21(19)28-24(32-23)30-9-8-29(11-16(30)4)18-6-5-7-18/h10,12-14,16,18,27H,5-9,11H2,1-4H3/t16-/m1/s1. The Balaban J connectivity index is 1.36. The number of aryl methyl sites for hydroxylation is 1. The summed E-state index contributed by atoms with van der Waals surface area (Å²) in [7, 11) is 0. The number of hydrogen-bond acceptors (Lipinski definition) is 6. The smallest absolute Gasteiger partial charge is 0.188 e. The van der Waals surface area contributed by atoms with E-state index in [2.05, 4.69) is 64.8 Å². The van der Waals surface area contributed by atoms with E-state index in [1.807, 2.05) is 4.52 Å². The molecule has 7 nitrogen and oxygen atoms in total. The third-order valence-corrected chi connectivity index (χ3v) is 8.31. The maximum Gasteiger partial charge on any atom is 0.188 e. The quantitative estimate of drug-likeness (QED) is 0.483. The minimum atomic E-state index is 0.369. The largest absolute Gasteiger partial charge is 0.345 e.